The molecule has 5 rings (SSSR count). The van der Waals surface area contributed by atoms with Gasteiger partial charge in [-0.05, 0) is 95.9 Å². The molecule has 0 aliphatic carbocycles. The minimum Gasteiger partial charge on any atom is -0.497 e. The van der Waals surface area contributed by atoms with Crippen molar-refractivity contribution in [3.05, 3.63) is 155 Å². The number of hydrogen-bond donors (Lipinski definition) is 0. The van der Waals surface area contributed by atoms with Gasteiger partial charge in [-0.25, -0.2) is 0 Å². The van der Waals surface area contributed by atoms with E-state index in [1.54, 1.807) is 7.11 Å². The predicted octanol–water partition coefficient (Wildman–Crippen LogP) is 8.87. The fourth-order valence-electron chi connectivity index (χ4n) is 4.45. The fourth-order valence-corrected chi connectivity index (χ4v) is 4.45. The molecule has 186 valence electrons. The molecule has 0 saturated heterocycles. The summed E-state index contributed by atoms with van der Waals surface area (Å²) in [5, 5.41) is 0. The van der Waals surface area contributed by atoms with Gasteiger partial charge in [-0.15, -0.1) is 0 Å². The Balaban J connectivity index is 1.54. The number of carbonyl (C=O) groups is 1. The lowest BCUT2D eigenvalue weighted by Gasteiger charge is -2.26. The Morgan fingerprint density at radius 3 is 1.63 bits per heavy atom. The first-order valence-electron chi connectivity index (χ1n) is 12.6. The summed E-state index contributed by atoms with van der Waals surface area (Å²) in [6, 6.07) is 43.2. The van der Waals surface area contributed by atoms with Crippen molar-refractivity contribution in [1.82, 2.24) is 0 Å². The highest BCUT2D eigenvalue weighted by Crippen LogP contribution is 2.36. The van der Waals surface area contributed by atoms with Crippen LogP contribution in [0.15, 0.2) is 127 Å². The van der Waals surface area contributed by atoms with Crippen LogP contribution in [0.2, 0.25) is 0 Å². The van der Waals surface area contributed by atoms with E-state index in [1.807, 2.05) is 54.6 Å². The maximum absolute atomic E-state index is 11.2. The lowest BCUT2D eigenvalue weighted by Crippen LogP contribution is -2.10. The molecule has 0 unspecified atom stereocenters. The number of hydrogen-bond acceptors (Lipinski definition) is 3. The molecule has 38 heavy (non-hydrogen) atoms. The van der Waals surface area contributed by atoms with Gasteiger partial charge in [0, 0.05) is 22.6 Å². The van der Waals surface area contributed by atoms with Gasteiger partial charge in [0.05, 0.1) is 7.11 Å². The summed E-state index contributed by atoms with van der Waals surface area (Å²) in [4.78, 5) is 13.4. The molecule has 0 N–H and O–H groups in total. The van der Waals surface area contributed by atoms with Gasteiger partial charge in [-0.2, -0.15) is 0 Å². The summed E-state index contributed by atoms with van der Waals surface area (Å²) in [5.74, 6) is 0.801. The number of ether oxygens (including phenoxy) is 1. The van der Waals surface area contributed by atoms with Crippen LogP contribution in [0.5, 0.6) is 5.75 Å². The third-order valence-corrected chi connectivity index (χ3v) is 6.53. The molecule has 0 aliphatic heterocycles. The average Bonchev–Trinajstić information content (AvgIpc) is 2.98. The Morgan fingerprint density at radius 1 is 0.605 bits per heavy atom. The number of methoxy groups -OCH3 is 1. The van der Waals surface area contributed by atoms with Crippen molar-refractivity contribution in [2.75, 3.05) is 12.0 Å². The van der Waals surface area contributed by atoms with E-state index in [2.05, 4.69) is 90.7 Å². The van der Waals surface area contributed by atoms with Crippen LogP contribution in [0.25, 0.3) is 11.6 Å². The molecule has 5 aromatic carbocycles. The molecule has 0 atom stereocenters. The molecular formula is C35H29NO2. The standard InChI is InChI=1S/C35H29NO2/c1-26-8-14-30(15-9-26)35(29-6-4-3-5-7-29)24-27-10-16-31(17-11-27)36(32-18-12-28(25-37)13-19-32)33-20-22-34(38-2)23-21-33/h3-25H,1-2H3. The maximum Gasteiger partial charge on any atom is 0.150 e. The zero-order valence-electron chi connectivity index (χ0n) is 21.5. The second kappa shape index (κ2) is 11.4. The monoisotopic (exact) mass is 495 g/mol. The zero-order valence-corrected chi connectivity index (χ0v) is 21.5. The Hall–Kier alpha value is -4.89. The van der Waals surface area contributed by atoms with Crippen LogP contribution in [0.1, 0.15) is 32.6 Å². The minimum absolute atomic E-state index is 0.647. The topological polar surface area (TPSA) is 29.5 Å². The quantitative estimate of drug-likeness (QED) is 0.159. The van der Waals surface area contributed by atoms with Gasteiger partial charge in [0.1, 0.15) is 12.0 Å². The minimum atomic E-state index is 0.647. The van der Waals surface area contributed by atoms with E-state index < -0.39 is 0 Å². The molecule has 5 aromatic rings. The van der Waals surface area contributed by atoms with E-state index in [9.17, 15) is 4.79 Å². The van der Waals surface area contributed by atoms with E-state index in [0.717, 1.165) is 34.7 Å². The van der Waals surface area contributed by atoms with Crippen LogP contribution in [-0.2, 0) is 0 Å². The Kier molecular flexibility index (Phi) is 7.47. The Labute approximate surface area is 224 Å². The molecule has 0 fully saturated rings. The second-order valence-corrected chi connectivity index (χ2v) is 9.12. The van der Waals surface area contributed by atoms with Gasteiger partial charge in [0.2, 0.25) is 0 Å². The highest BCUT2D eigenvalue weighted by molar-refractivity contribution is 5.92. The van der Waals surface area contributed by atoms with E-state index in [1.165, 1.54) is 22.3 Å². The first-order chi connectivity index (χ1) is 18.6. The molecule has 0 aliphatic rings. The number of anilines is 3. The highest BCUT2D eigenvalue weighted by atomic mass is 16.5. The molecule has 3 nitrogen and oxygen atoms in total. The summed E-state index contributed by atoms with van der Waals surface area (Å²) in [6.45, 7) is 2.11. The molecule has 0 aromatic heterocycles. The molecule has 3 heteroatoms. The van der Waals surface area contributed by atoms with Gasteiger partial charge < -0.3 is 9.64 Å². The molecule has 0 radical (unpaired) electrons. The Morgan fingerprint density at radius 2 is 1.11 bits per heavy atom. The van der Waals surface area contributed by atoms with Gasteiger partial charge >= 0.3 is 0 Å². The van der Waals surface area contributed by atoms with Gasteiger partial charge in [0.15, 0.2) is 0 Å². The maximum atomic E-state index is 11.2. The fraction of sp³-hybridized carbons (Fsp3) is 0.0571. The summed E-state index contributed by atoms with van der Waals surface area (Å²) in [6.07, 6.45) is 3.10. The van der Waals surface area contributed by atoms with Crippen LogP contribution in [-0.4, -0.2) is 13.4 Å². The molecule has 0 spiro atoms. The van der Waals surface area contributed by atoms with Crippen LogP contribution in [0, 0.1) is 6.92 Å². The SMILES string of the molecule is COc1ccc(N(c2ccc(C=O)cc2)c2ccc(C=C(c3ccccc3)c3ccc(C)cc3)cc2)cc1. The summed E-state index contributed by atoms with van der Waals surface area (Å²) in [7, 11) is 1.66. The highest BCUT2D eigenvalue weighted by Gasteiger charge is 2.13. The first-order valence-corrected chi connectivity index (χ1v) is 12.6. The third kappa shape index (κ3) is 5.58. The summed E-state index contributed by atoms with van der Waals surface area (Å²) < 4.78 is 5.36. The summed E-state index contributed by atoms with van der Waals surface area (Å²) >= 11 is 0. The molecular weight excluding hydrogens is 466 g/mol. The van der Waals surface area contributed by atoms with Crippen molar-refractivity contribution in [2.45, 2.75) is 6.92 Å². The number of benzene rings is 5. The lowest BCUT2D eigenvalue weighted by atomic mass is 9.95. The van der Waals surface area contributed by atoms with E-state index in [4.69, 9.17) is 4.74 Å². The van der Waals surface area contributed by atoms with Crippen LogP contribution >= 0.6 is 0 Å². The van der Waals surface area contributed by atoms with Crippen molar-refractivity contribution >= 4 is 35.0 Å². The van der Waals surface area contributed by atoms with Crippen LogP contribution in [0.3, 0.4) is 0 Å². The zero-order chi connectivity index (χ0) is 26.3. The molecule has 0 bridgehead atoms. The molecule has 0 saturated carbocycles. The van der Waals surface area contributed by atoms with Crippen molar-refractivity contribution in [2.24, 2.45) is 0 Å². The van der Waals surface area contributed by atoms with Crippen molar-refractivity contribution in [3.63, 3.8) is 0 Å². The van der Waals surface area contributed by atoms with E-state index in [-0.39, 0.29) is 0 Å². The lowest BCUT2D eigenvalue weighted by molar-refractivity contribution is 0.112. The molecule has 0 amide bonds. The van der Waals surface area contributed by atoms with Crippen molar-refractivity contribution in [1.29, 1.82) is 0 Å². The number of aryl methyl sites for hydroxylation is 1. The summed E-state index contributed by atoms with van der Waals surface area (Å²) in [5.41, 5.74) is 9.51. The predicted molar refractivity (Wildman–Crippen MR) is 158 cm³/mol. The van der Waals surface area contributed by atoms with Crippen molar-refractivity contribution in [3.8, 4) is 5.75 Å². The largest absolute Gasteiger partial charge is 0.497 e. The Bertz CT molecular complexity index is 1520. The number of aldehydes is 1. The second-order valence-electron chi connectivity index (χ2n) is 9.12. The third-order valence-electron chi connectivity index (χ3n) is 6.53. The number of rotatable bonds is 8. The normalized spacial score (nSPS) is 11.2. The molecule has 0 heterocycles. The number of carbonyl (C=O) groups excluding carboxylic acids is 1. The smallest absolute Gasteiger partial charge is 0.150 e. The van der Waals surface area contributed by atoms with Gasteiger partial charge in [-0.3, -0.25) is 4.79 Å². The van der Waals surface area contributed by atoms with Crippen molar-refractivity contribution < 1.29 is 9.53 Å². The van der Waals surface area contributed by atoms with Gasteiger partial charge in [0.25, 0.3) is 0 Å². The van der Waals surface area contributed by atoms with Crippen LogP contribution in [0.4, 0.5) is 17.1 Å². The van der Waals surface area contributed by atoms with E-state index in [0.29, 0.717) is 5.56 Å². The number of nitrogens with zero attached hydrogens (tertiary/aromatic N) is 1. The average molecular weight is 496 g/mol. The first kappa shape index (κ1) is 24.8. The van der Waals surface area contributed by atoms with Crippen LogP contribution < -0.4 is 9.64 Å². The van der Waals surface area contributed by atoms with Gasteiger partial charge in [-0.1, -0.05) is 72.3 Å². The van der Waals surface area contributed by atoms with E-state index >= 15 is 0 Å².